The fourth-order valence-corrected chi connectivity index (χ4v) is 2.71. The van der Waals surface area contributed by atoms with Gasteiger partial charge >= 0.3 is 6.03 Å². The average molecular weight is 305 g/mol. The zero-order valence-corrected chi connectivity index (χ0v) is 12.2. The van der Waals surface area contributed by atoms with Crippen LogP contribution in [-0.4, -0.2) is 24.5 Å². The molecule has 0 aliphatic heterocycles. The average Bonchev–Trinajstić information content (AvgIpc) is 2.60. The van der Waals surface area contributed by atoms with E-state index in [1.165, 1.54) is 4.88 Å². The van der Waals surface area contributed by atoms with E-state index >= 15 is 0 Å². The van der Waals surface area contributed by atoms with E-state index in [1.807, 2.05) is 19.2 Å². The highest BCUT2D eigenvalue weighted by Crippen LogP contribution is 2.22. The minimum absolute atomic E-state index is 0.0155. The molecular formula is C11H17BrN2OS. The topological polar surface area (TPSA) is 32.3 Å². The number of hydrogen-bond donors (Lipinski definition) is 1. The first-order valence-electron chi connectivity index (χ1n) is 5.22. The van der Waals surface area contributed by atoms with Crippen LogP contribution in [0.4, 0.5) is 4.79 Å². The molecule has 0 aliphatic carbocycles. The number of halogens is 1. The molecule has 1 rings (SSSR count). The first-order valence-corrected chi connectivity index (χ1v) is 6.83. The van der Waals surface area contributed by atoms with Crippen LogP contribution >= 0.6 is 27.3 Å². The van der Waals surface area contributed by atoms with Gasteiger partial charge in [-0.3, -0.25) is 0 Å². The lowest BCUT2D eigenvalue weighted by atomic mass is 10.2. The molecule has 0 bridgehead atoms. The van der Waals surface area contributed by atoms with Gasteiger partial charge in [-0.25, -0.2) is 4.79 Å². The summed E-state index contributed by atoms with van der Waals surface area (Å²) in [5, 5.41) is 2.89. The number of nitrogens with one attached hydrogen (secondary N) is 1. The van der Waals surface area contributed by atoms with Crippen molar-refractivity contribution in [3.05, 3.63) is 20.8 Å². The molecule has 2 amide bonds. The summed E-state index contributed by atoms with van der Waals surface area (Å²) in [6, 6.07) is 4.01. The summed E-state index contributed by atoms with van der Waals surface area (Å²) in [7, 11) is 1.81. The Hall–Kier alpha value is -0.550. The van der Waals surface area contributed by atoms with Gasteiger partial charge in [-0.05, 0) is 34.0 Å². The van der Waals surface area contributed by atoms with Crippen LogP contribution in [0.1, 0.15) is 18.7 Å². The third-order valence-corrected chi connectivity index (χ3v) is 3.64. The number of rotatable bonds is 4. The molecule has 1 N–H and O–H groups in total. The molecule has 0 aliphatic rings. The summed E-state index contributed by atoms with van der Waals surface area (Å²) in [6.45, 7) is 5.53. The fraction of sp³-hybridized carbons (Fsp3) is 0.545. The summed E-state index contributed by atoms with van der Waals surface area (Å²) < 4.78 is 1.10. The van der Waals surface area contributed by atoms with Crippen molar-refractivity contribution in [3.63, 3.8) is 0 Å². The number of amides is 2. The quantitative estimate of drug-likeness (QED) is 0.909. The summed E-state index contributed by atoms with van der Waals surface area (Å²) in [5.74, 6) is 0.480. The van der Waals surface area contributed by atoms with Crippen LogP contribution in [0, 0.1) is 5.92 Å². The second kappa shape index (κ2) is 6.25. The minimum atomic E-state index is -0.0155. The minimum Gasteiger partial charge on any atom is -0.338 e. The lowest BCUT2D eigenvalue weighted by molar-refractivity contribution is 0.206. The largest absolute Gasteiger partial charge is 0.338 e. The van der Waals surface area contributed by atoms with Crippen LogP contribution in [0.25, 0.3) is 0 Å². The number of thiophene rings is 1. The molecule has 0 unspecified atom stereocenters. The Morgan fingerprint density at radius 1 is 1.56 bits per heavy atom. The Kier molecular flexibility index (Phi) is 5.28. The highest BCUT2D eigenvalue weighted by Gasteiger charge is 2.09. The molecule has 1 heterocycles. The van der Waals surface area contributed by atoms with E-state index in [0.29, 0.717) is 12.5 Å². The summed E-state index contributed by atoms with van der Waals surface area (Å²) >= 11 is 5.06. The first kappa shape index (κ1) is 13.5. The van der Waals surface area contributed by atoms with Gasteiger partial charge in [0, 0.05) is 18.5 Å². The molecule has 0 atom stereocenters. The standard InChI is InChI=1S/C11H17BrN2OS/c1-8(2)6-13-11(15)14(3)7-9-4-5-10(12)16-9/h4-5,8H,6-7H2,1-3H3,(H,13,15). The van der Waals surface area contributed by atoms with Crippen LogP contribution < -0.4 is 5.32 Å². The van der Waals surface area contributed by atoms with Crippen molar-refractivity contribution in [2.45, 2.75) is 20.4 Å². The molecule has 16 heavy (non-hydrogen) atoms. The second-order valence-corrected chi connectivity index (χ2v) is 6.69. The highest BCUT2D eigenvalue weighted by molar-refractivity contribution is 9.11. The molecule has 0 radical (unpaired) electrons. The number of carbonyl (C=O) groups is 1. The van der Waals surface area contributed by atoms with E-state index in [2.05, 4.69) is 35.1 Å². The van der Waals surface area contributed by atoms with Crippen molar-refractivity contribution in [2.24, 2.45) is 5.92 Å². The first-order chi connectivity index (χ1) is 7.49. The van der Waals surface area contributed by atoms with Gasteiger partial charge in [0.1, 0.15) is 0 Å². The van der Waals surface area contributed by atoms with E-state index in [-0.39, 0.29) is 6.03 Å². The Labute approximate surface area is 109 Å². The number of carbonyl (C=O) groups excluding carboxylic acids is 1. The van der Waals surface area contributed by atoms with Gasteiger partial charge in [-0.15, -0.1) is 11.3 Å². The molecule has 1 aromatic heterocycles. The van der Waals surface area contributed by atoms with Crippen LogP contribution in [0.3, 0.4) is 0 Å². The van der Waals surface area contributed by atoms with Gasteiger partial charge in [0.2, 0.25) is 0 Å². The second-order valence-electron chi connectivity index (χ2n) is 4.14. The number of hydrogen-bond acceptors (Lipinski definition) is 2. The predicted octanol–water partition coefficient (Wildman–Crippen LogP) is 3.31. The van der Waals surface area contributed by atoms with E-state index in [9.17, 15) is 4.79 Å². The monoisotopic (exact) mass is 304 g/mol. The van der Waals surface area contributed by atoms with Gasteiger partial charge in [0.05, 0.1) is 10.3 Å². The predicted molar refractivity (Wildman–Crippen MR) is 71.7 cm³/mol. The molecule has 3 nitrogen and oxygen atoms in total. The van der Waals surface area contributed by atoms with Crippen molar-refractivity contribution in [3.8, 4) is 0 Å². The van der Waals surface area contributed by atoms with Gasteiger partial charge < -0.3 is 10.2 Å². The van der Waals surface area contributed by atoms with Crippen LogP contribution in [0.15, 0.2) is 15.9 Å². The number of urea groups is 1. The summed E-state index contributed by atoms with van der Waals surface area (Å²) in [6.07, 6.45) is 0. The Morgan fingerprint density at radius 3 is 2.75 bits per heavy atom. The maximum Gasteiger partial charge on any atom is 0.317 e. The Balaban J connectivity index is 2.39. The molecule has 1 aromatic rings. The van der Waals surface area contributed by atoms with Gasteiger partial charge in [0.15, 0.2) is 0 Å². The maximum atomic E-state index is 11.7. The SMILES string of the molecule is CC(C)CNC(=O)N(C)Cc1ccc(Br)s1. The third kappa shape index (κ3) is 4.53. The van der Waals surface area contributed by atoms with Crippen molar-refractivity contribution in [1.29, 1.82) is 0 Å². The van der Waals surface area contributed by atoms with E-state index in [4.69, 9.17) is 0 Å². The smallest absolute Gasteiger partial charge is 0.317 e. The van der Waals surface area contributed by atoms with Gasteiger partial charge in [-0.1, -0.05) is 13.8 Å². The van der Waals surface area contributed by atoms with Crippen LogP contribution in [0.2, 0.25) is 0 Å². The number of nitrogens with zero attached hydrogens (tertiary/aromatic N) is 1. The maximum absolute atomic E-state index is 11.7. The van der Waals surface area contributed by atoms with E-state index in [0.717, 1.165) is 10.3 Å². The van der Waals surface area contributed by atoms with Gasteiger partial charge in [0.25, 0.3) is 0 Å². The molecule has 0 aromatic carbocycles. The molecular weight excluding hydrogens is 288 g/mol. The summed E-state index contributed by atoms with van der Waals surface area (Å²) in [4.78, 5) is 14.5. The normalized spacial score (nSPS) is 10.6. The Morgan fingerprint density at radius 2 is 2.25 bits per heavy atom. The van der Waals surface area contributed by atoms with Gasteiger partial charge in [-0.2, -0.15) is 0 Å². The van der Waals surface area contributed by atoms with Crippen LogP contribution in [-0.2, 0) is 6.54 Å². The Bertz CT molecular complexity index is 352. The lowest BCUT2D eigenvalue weighted by Crippen LogP contribution is -2.38. The lowest BCUT2D eigenvalue weighted by Gasteiger charge is -2.17. The van der Waals surface area contributed by atoms with Crippen LogP contribution in [0.5, 0.6) is 0 Å². The fourth-order valence-electron chi connectivity index (χ4n) is 1.17. The highest BCUT2D eigenvalue weighted by atomic mass is 79.9. The molecule has 0 saturated heterocycles. The molecule has 0 spiro atoms. The van der Waals surface area contributed by atoms with Crippen molar-refractivity contribution < 1.29 is 4.79 Å². The molecule has 5 heteroatoms. The molecule has 90 valence electrons. The van der Waals surface area contributed by atoms with Crippen molar-refractivity contribution in [2.75, 3.05) is 13.6 Å². The summed E-state index contributed by atoms with van der Waals surface area (Å²) in [5.41, 5.74) is 0. The van der Waals surface area contributed by atoms with Crippen molar-refractivity contribution >= 4 is 33.3 Å². The molecule has 0 saturated carbocycles. The van der Waals surface area contributed by atoms with E-state index < -0.39 is 0 Å². The zero-order chi connectivity index (χ0) is 12.1. The third-order valence-electron chi connectivity index (χ3n) is 2.03. The van der Waals surface area contributed by atoms with Crippen molar-refractivity contribution in [1.82, 2.24) is 10.2 Å². The molecule has 0 fully saturated rings. The van der Waals surface area contributed by atoms with E-state index in [1.54, 1.807) is 16.2 Å². The zero-order valence-electron chi connectivity index (χ0n) is 9.79.